The van der Waals surface area contributed by atoms with Crippen LogP contribution < -0.4 is 10.9 Å². The van der Waals surface area contributed by atoms with Gasteiger partial charge in [-0.15, -0.1) is 12.4 Å². The van der Waals surface area contributed by atoms with E-state index in [1.165, 1.54) is 0 Å². The number of hydrazine groups is 1. The van der Waals surface area contributed by atoms with Crippen LogP contribution in [0, 0.1) is 0 Å². The standard InChI is InChI=1S/C10H14N2O2S.ClH/c13-15(14)7-6-10(8-15)12-11-9-4-2-1-3-5-9;/h1-5,10-12H,6-8H2;1H. The minimum Gasteiger partial charge on any atom is -0.321 e. The molecular formula is C10H15ClN2O2S. The first-order valence-electron chi connectivity index (χ1n) is 4.93. The van der Waals surface area contributed by atoms with Gasteiger partial charge in [-0.05, 0) is 18.6 Å². The molecule has 1 atom stereocenters. The van der Waals surface area contributed by atoms with Gasteiger partial charge in [-0.1, -0.05) is 18.2 Å². The highest BCUT2D eigenvalue weighted by atomic mass is 35.5. The van der Waals surface area contributed by atoms with Gasteiger partial charge in [-0.25, -0.2) is 13.8 Å². The van der Waals surface area contributed by atoms with Gasteiger partial charge in [0, 0.05) is 11.7 Å². The third-order valence-corrected chi connectivity index (χ3v) is 4.19. The quantitative estimate of drug-likeness (QED) is 0.804. The first-order chi connectivity index (χ1) is 7.16. The molecule has 1 aromatic rings. The topological polar surface area (TPSA) is 58.2 Å². The van der Waals surface area contributed by atoms with Crippen molar-refractivity contribution in [2.24, 2.45) is 0 Å². The number of sulfone groups is 1. The minimum atomic E-state index is -2.80. The molecule has 90 valence electrons. The molecule has 1 unspecified atom stereocenters. The highest BCUT2D eigenvalue weighted by Gasteiger charge is 2.27. The van der Waals surface area contributed by atoms with E-state index in [-0.39, 0.29) is 24.2 Å². The van der Waals surface area contributed by atoms with Gasteiger partial charge in [0.2, 0.25) is 0 Å². The summed E-state index contributed by atoms with van der Waals surface area (Å²) in [6.07, 6.45) is 0.683. The van der Waals surface area contributed by atoms with E-state index in [1.807, 2.05) is 30.3 Å². The lowest BCUT2D eigenvalue weighted by Gasteiger charge is -2.12. The third-order valence-electron chi connectivity index (χ3n) is 2.43. The number of hydrogen-bond acceptors (Lipinski definition) is 4. The van der Waals surface area contributed by atoms with Crippen molar-refractivity contribution in [2.75, 3.05) is 16.9 Å². The number of para-hydroxylation sites is 1. The van der Waals surface area contributed by atoms with Crippen molar-refractivity contribution in [2.45, 2.75) is 12.5 Å². The van der Waals surface area contributed by atoms with Gasteiger partial charge in [-0.2, -0.15) is 0 Å². The van der Waals surface area contributed by atoms with Crippen LogP contribution >= 0.6 is 12.4 Å². The second kappa shape index (κ2) is 5.52. The molecule has 0 amide bonds. The number of hydrogen-bond donors (Lipinski definition) is 2. The van der Waals surface area contributed by atoms with Crippen molar-refractivity contribution in [3.63, 3.8) is 0 Å². The Morgan fingerprint density at radius 2 is 1.88 bits per heavy atom. The summed E-state index contributed by atoms with van der Waals surface area (Å²) in [7, 11) is -2.80. The van der Waals surface area contributed by atoms with Gasteiger partial charge >= 0.3 is 0 Å². The zero-order valence-electron chi connectivity index (χ0n) is 8.72. The molecule has 6 heteroatoms. The fourth-order valence-electron chi connectivity index (χ4n) is 1.62. The molecule has 0 bridgehead atoms. The number of nitrogens with one attached hydrogen (secondary N) is 2. The van der Waals surface area contributed by atoms with Crippen LogP contribution in [0.15, 0.2) is 30.3 Å². The van der Waals surface area contributed by atoms with Crippen LogP contribution in [0.5, 0.6) is 0 Å². The molecule has 0 saturated carbocycles. The molecule has 1 aromatic carbocycles. The predicted molar refractivity (Wildman–Crippen MR) is 67.5 cm³/mol. The Kier molecular flexibility index (Phi) is 4.58. The van der Waals surface area contributed by atoms with Crippen molar-refractivity contribution >= 4 is 27.9 Å². The van der Waals surface area contributed by atoms with E-state index in [2.05, 4.69) is 10.9 Å². The van der Waals surface area contributed by atoms with Crippen molar-refractivity contribution in [3.8, 4) is 0 Å². The summed E-state index contributed by atoms with van der Waals surface area (Å²) in [4.78, 5) is 0. The Labute approximate surface area is 102 Å². The van der Waals surface area contributed by atoms with Gasteiger partial charge in [0.15, 0.2) is 9.84 Å². The first kappa shape index (κ1) is 13.3. The van der Waals surface area contributed by atoms with E-state index in [1.54, 1.807) is 0 Å². The summed E-state index contributed by atoms with van der Waals surface area (Å²) in [5.74, 6) is 0.522. The maximum absolute atomic E-state index is 11.2. The number of rotatable bonds is 3. The molecule has 1 saturated heterocycles. The summed E-state index contributed by atoms with van der Waals surface area (Å²) in [6.45, 7) is 0. The smallest absolute Gasteiger partial charge is 0.151 e. The fraction of sp³-hybridized carbons (Fsp3) is 0.400. The molecule has 2 N–H and O–H groups in total. The van der Waals surface area contributed by atoms with E-state index in [0.717, 1.165) is 5.69 Å². The Hall–Kier alpha value is -0.780. The monoisotopic (exact) mass is 262 g/mol. The Balaban J connectivity index is 0.00000128. The first-order valence-corrected chi connectivity index (χ1v) is 6.75. The van der Waals surface area contributed by atoms with E-state index in [0.29, 0.717) is 12.2 Å². The SMILES string of the molecule is Cl.O=S1(=O)CCC(NNc2ccccc2)C1. The number of anilines is 1. The number of benzene rings is 1. The van der Waals surface area contributed by atoms with Crippen LogP contribution in [0.2, 0.25) is 0 Å². The van der Waals surface area contributed by atoms with E-state index < -0.39 is 9.84 Å². The average Bonchev–Trinajstić information content (AvgIpc) is 2.57. The second-order valence-electron chi connectivity index (χ2n) is 3.74. The van der Waals surface area contributed by atoms with Crippen molar-refractivity contribution in [3.05, 3.63) is 30.3 Å². The molecule has 0 aromatic heterocycles. The minimum absolute atomic E-state index is 0. The largest absolute Gasteiger partial charge is 0.321 e. The normalized spacial score (nSPS) is 22.4. The molecular weight excluding hydrogens is 248 g/mol. The van der Waals surface area contributed by atoms with Crippen LogP contribution in [0.1, 0.15) is 6.42 Å². The van der Waals surface area contributed by atoms with Gasteiger partial charge < -0.3 is 5.43 Å². The molecule has 0 aliphatic carbocycles. The summed E-state index contributed by atoms with van der Waals surface area (Å²) >= 11 is 0. The van der Waals surface area contributed by atoms with Crippen LogP contribution in [0.25, 0.3) is 0 Å². The molecule has 1 aliphatic rings. The zero-order valence-corrected chi connectivity index (χ0v) is 10.4. The van der Waals surface area contributed by atoms with E-state index in [4.69, 9.17) is 0 Å². The Bertz CT molecular complexity index is 422. The Morgan fingerprint density at radius 1 is 1.19 bits per heavy atom. The molecule has 1 fully saturated rings. The maximum atomic E-state index is 11.2. The molecule has 16 heavy (non-hydrogen) atoms. The van der Waals surface area contributed by atoms with Crippen LogP contribution in [0.3, 0.4) is 0 Å². The van der Waals surface area contributed by atoms with Crippen LogP contribution in [-0.2, 0) is 9.84 Å². The van der Waals surface area contributed by atoms with Gasteiger partial charge in [-0.3, -0.25) is 0 Å². The molecule has 1 aliphatic heterocycles. The van der Waals surface area contributed by atoms with E-state index >= 15 is 0 Å². The highest BCUT2D eigenvalue weighted by Crippen LogP contribution is 2.11. The molecule has 4 nitrogen and oxygen atoms in total. The summed E-state index contributed by atoms with van der Waals surface area (Å²) < 4.78 is 22.4. The average molecular weight is 263 g/mol. The lowest BCUT2D eigenvalue weighted by Crippen LogP contribution is -2.34. The summed E-state index contributed by atoms with van der Waals surface area (Å²) in [6, 6.07) is 9.67. The predicted octanol–water partition coefficient (Wildman–Crippen LogP) is 1.21. The van der Waals surface area contributed by atoms with Crippen molar-refractivity contribution < 1.29 is 8.42 Å². The van der Waals surface area contributed by atoms with Crippen molar-refractivity contribution in [1.29, 1.82) is 0 Å². The summed E-state index contributed by atoms with van der Waals surface area (Å²) in [5, 5.41) is 0. The fourth-order valence-corrected chi connectivity index (χ4v) is 3.29. The van der Waals surface area contributed by atoms with Gasteiger partial charge in [0.05, 0.1) is 11.5 Å². The van der Waals surface area contributed by atoms with E-state index in [9.17, 15) is 8.42 Å². The summed E-state index contributed by atoms with van der Waals surface area (Å²) in [5.41, 5.74) is 6.98. The highest BCUT2D eigenvalue weighted by molar-refractivity contribution is 7.91. The van der Waals surface area contributed by atoms with Crippen LogP contribution in [-0.4, -0.2) is 26.0 Å². The molecule has 1 heterocycles. The maximum Gasteiger partial charge on any atom is 0.151 e. The lowest BCUT2D eigenvalue weighted by molar-refractivity contribution is 0.594. The molecule has 0 radical (unpaired) electrons. The second-order valence-corrected chi connectivity index (χ2v) is 5.96. The lowest BCUT2D eigenvalue weighted by atomic mass is 10.3. The molecule has 0 spiro atoms. The molecule has 2 rings (SSSR count). The van der Waals surface area contributed by atoms with Gasteiger partial charge in [0.25, 0.3) is 0 Å². The van der Waals surface area contributed by atoms with Gasteiger partial charge in [0.1, 0.15) is 0 Å². The number of halogens is 1. The third kappa shape index (κ3) is 3.66. The van der Waals surface area contributed by atoms with Crippen LogP contribution in [0.4, 0.5) is 5.69 Å². The Morgan fingerprint density at radius 3 is 2.44 bits per heavy atom. The zero-order chi connectivity index (χ0) is 10.7. The van der Waals surface area contributed by atoms with Crippen molar-refractivity contribution in [1.82, 2.24) is 5.43 Å².